The van der Waals surface area contributed by atoms with Gasteiger partial charge in [-0.05, 0) is 30.9 Å². The minimum absolute atomic E-state index is 0.0236. The van der Waals surface area contributed by atoms with Gasteiger partial charge in [-0.2, -0.15) is 0 Å². The van der Waals surface area contributed by atoms with Gasteiger partial charge in [-0.15, -0.1) is 0 Å². The number of nitrogens with zero attached hydrogens (tertiary/aromatic N) is 3. The molecular formula is C17H20N4O2. The van der Waals surface area contributed by atoms with Crippen molar-refractivity contribution in [1.29, 1.82) is 0 Å². The molecule has 2 aliphatic rings. The Hall–Kier alpha value is -2.21. The molecule has 23 heavy (non-hydrogen) atoms. The third kappa shape index (κ3) is 2.25. The Kier molecular flexibility index (Phi) is 3.41. The van der Waals surface area contributed by atoms with Crippen molar-refractivity contribution in [2.45, 2.75) is 44.9 Å². The van der Waals surface area contributed by atoms with E-state index >= 15 is 0 Å². The number of nitrogens with two attached hydrogens (primary N) is 1. The molecule has 2 aliphatic heterocycles. The lowest BCUT2D eigenvalue weighted by Crippen LogP contribution is -2.18. The molecule has 0 radical (unpaired) electrons. The SMILES string of the molecule is CCC1OC(C2N=C(c3ccco3)c3c(N)ncnc32)CC1C. The van der Waals surface area contributed by atoms with Crippen LogP contribution in [0.5, 0.6) is 0 Å². The quantitative estimate of drug-likeness (QED) is 0.941. The molecule has 0 bridgehead atoms. The highest BCUT2D eigenvalue weighted by atomic mass is 16.5. The number of rotatable bonds is 3. The lowest BCUT2D eigenvalue weighted by Gasteiger charge is -2.17. The summed E-state index contributed by atoms with van der Waals surface area (Å²) in [5.41, 5.74) is 8.45. The summed E-state index contributed by atoms with van der Waals surface area (Å²) in [4.78, 5) is 13.4. The molecule has 0 aromatic carbocycles. The largest absolute Gasteiger partial charge is 0.463 e. The lowest BCUT2D eigenvalue weighted by molar-refractivity contribution is 0.0214. The first-order chi connectivity index (χ1) is 11.2. The van der Waals surface area contributed by atoms with E-state index in [1.165, 1.54) is 6.33 Å². The normalized spacial score (nSPS) is 29.6. The van der Waals surface area contributed by atoms with Crippen LogP contribution in [0.1, 0.15) is 49.7 Å². The average Bonchev–Trinajstić information content (AvgIpc) is 3.24. The van der Waals surface area contributed by atoms with Gasteiger partial charge in [-0.3, -0.25) is 4.99 Å². The van der Waals surface area contributed by atoms with Crippen molar-refractivity contribution in [3.05, 3.63) is 41.7 Å². The highest BCUT2D eigenvalue weighted by Gasteiger charge is 2.42. The summed E-state index contributed by atoms with van der Waals surface area (Å²) in [6, 6.07) is 3.57. The predicted molar refractivity (Wildman–Crippen MR) is 86.3 cm³/mol. The maximum atomic E-state index is 6.23. The molecule has 0 saturated carbocycles. The Morgan fingerprint density at radius 2 is 2.22 bits per heavy atom. The van der Waals surface area contributed by atoms with E-state index in [4.69, 9.17) is 19.9 Å². The van der Waals surface area contributed by atoms with Gasteiger partial charge in [0.25, 0.3) is 0 Å². The predicted octanol–water partition coefficient (Wildman–Crippen LogP) is 2.75. The van der Waals surface area contributed by atoms with E-state index in [0.29, 0.717) is 17.5 Å². The van der Waals surface area contributed by atoms with Crippen LogP contribution in [-0.4, -0.2) is 27.9 Å². The van der Waals surface area contributed by atoms with E-state index < -0.39 is 0 Å². The van der Waals surface area contributed by atoms with Gasteiger partial charge in [-0.25, -0.2) is 9.97 Å². The van der Waals surface area contributed by atoms with Crippen molar-refractivity contribution in [3.63, 3.8) is 0 Å². The summed E-state index contributed by atoms with van der Waals surface area (Å²) < 4.78 is 11.8. The highest BCUT2D eigenvalue weighted by molar-refractivity contribution is 6.16. The van der Waals surface area contributed by atoms with Crippen molar-refractivity contribution >= 4 is 11.5 Å². The van der Waals surface area contributed by atoms with Crippen molar-refractivity contribution in [2.24, 2.45) is 10.9 Å². The van der Waals surface area contributed by atoms with Crippen LogP contribution < -0.4 is 5.73 Å². The number of aromatic nitrogens is 2. The molecule has 2 N–H and O–H groups in total. The van der Waals surface area contributed by atoms with Gasteiger partial charge in [0.1, 0.15) is 23.9 Å². The van der Waals surface area contributed by atoms with Gasteiger partial charge in [0.05, 0.1) is 29.7 Å². The molecule has 0 aliphatic carbocycles. The third-order valence-electron chi connectivity index (χ3n) is 4.79. The van der Waals surface area contributed by atoms with Gasteiger partial charge in [-0.1, -0.05) is 13.8 Å². The standard InChI is InChI=1S/C17H20N4O2/c1-3-10-9(2)7-12(23-10)15-16-13(17(18)20-8-19-16)14(21-15)11-5-4-6-22-11/h4-6,8-10,12,15H,3,7H2,1-2H3,(H2,18,19,20). The molecule has 2 aromatic heterocycles. The first-order valence-corrected chi connectivity index (χ1v) is 8.07. The zero-order valence-electron chi connectivity index (χ0n) is 13.3. The number of furan rings is 1. The number of ether oxygens (including phenoxy) is 1. The molecule has 2 aromatic rings. The van der Waals surface area contributed by atoms with Crippen LogP contribution >= 0.6 is 0 Å². The Labute approximate surface area is 134 Å². The van der Waals surface area contributed by atoms with Crippen LogP contribution in [-0.2, 0) is 4.74 Å². The van der Waals surface area contributed by atoms with Gasteiger partial charge in [0, 0.05) is 0 Å². The minimum atomic E-state index is -0.144. The summed E-state index contributed by atoms with van der Waals surface area (Å²) in [6.07, 6.45) is 5.42. The maximum absolute atomic E-state index is 6.23. The summed E-state index contributed by atoms with van der Waals surface area (Å²) in [7, 11) is 0. The molecule has 0 spiro atoms. The first-order valence-electron chi connectivity index (χ1n) is 8.07. The number of anilines is 1. The van der Waals surface area contributed by atoms with E-state index in [1.807, 2.05) is 12.1 Å². The molecule has 4 rings (SSSR count). The van der Waals surface area contributed by atoms with E-state index in [9.17, 15) is 0 Å². The van der Waals surface area contributed by atoms with E-state index in [1.54, 1.807) is 6.26 Å². The molecule has 4 heterocycles. The Morgan fingerprint density at radius 3 is 2.91 bits per heavy atom. The van der Waals surface area contributed by atoms with Gasteiger partial charge < -0.3 is 14.9 Å². The lowest BCUT2D eigenvalue weighted by atomic mass is 9.96. The summed E-state index contributed by atoms with van der Waals surface area (Å²) in [5.74, 6) is 1.65. The van der Waals surface area contributed by atoms with Crippen LogP contribution in [0.15, 0.2) is 34.1 Å². The Bertz CT molecular complexity index is 741. The van der Waals surface area contributed by atoms with Crippen LogP contribution in [0.3, 0.4) is 0 Å². The molecular weight excluding hydrogens is 292 g/mol. The van der Waals surface area contributed by atoms with Crippen molar-refractivity contribution < 1.29 is 9.15 Å². The number of aliphatic imine (C=N–C) groups is 1. The molecule has 6 nitrogen and oxygen atoms in total. The number of hydrogen-bond donors (Lipinski definition) is 1. The Morgan fingerprint density at radius 1 is 1.35 bits per heavy atom. The van der Waals surface area contributed by atoms with Crippen molar-refractivity contribution in [3.8, 4) is 0 Å². The van der Waals surface area contributed by atoms with Crippen molar-refractivity contribution in [2.75, 3.05) is 5.73 Å². The van der Waals surface area contributed by atoms with Gasteiger partial charge in [0.2, 0.25) is 0 Å². The van der Waals surface area contributed by atoms with E-state index in [-0.39, 0.29) is 18.2 Å². The minimum Gasteiger partial charge on any atom is -0.463 e. The fraction of sp³-hybridized carbons (Fsp3) is 0.471. The summed E-state index contributed by atoms with van der Waals surface area (Å²) >= 11 is 0. The molecule has 1 saturated heterocycles. The smallest absolute Gasteiger partial charge is 0.152 e. The zero-order valence-corrected chi connectivity index (χ0v) is 13.3. The second-order valence-corrected chi connectivity index (χ2v) is 6.25. The molecule has 120 valence electrons. The fourth-order valence-corrected chi connectivity index (χ4v) is 3.64. The second-order valence-electron chi connectivity index (χ2n) is 6.25. The zero-order chi connectivity index (χ0) is 16.0. The van der Waals surface area contributed by atoms with Crippen LogP contribution in [0.4, 0.5) is 5.82 Å². The van der Waals surface area contributed by atoms with Gasteiger partial charge in [0.15, 0.2) is 5.76 Å². The molecule has 0 amide bonds. The number of hydrogen-bond acceptors (Lipinski definition) is 6. The highest BCUT2D eigenvalue weighted by Crippen LogP contribution is 2.42. The van der Waals surface area contributed by atoms with Crippen LogP contribution in [0.2, 0.25) is 0 Å². The molecule has 1 fully saturated rings. The summed E-state index contributed by atoms with van der Waals surface area (Å²) in [6.45, 7) is 4.39. The monoisotopic (exact) mass is 312 g/mol. The maximum Gasteiger partial charge on any atom is 0.152 e. The van der Waals surface area contributed by atoms with Crippen LogP contribution in [0, 0.1) is 5.92 Å². The fourth-order valence-electron chi connectivity index (χ4n) is 3.64. The molecule has 6 heteroatoms. The third-order valence-corrected chi connectivity index (χ3v) is 4.79. The Balaban J connectivity index is 1.76. The molecule has 4 unspecified atom stereocenters. The second kappa shape index (κ2) is 5.45. The van der Waals surface area contributed by atoms with Gasteiger partial charge >= 0.3 is 0 Å². The first kappa shape index (κ1) is 14.4. The number of nitrogen functional groups attached to an aromatic ring is 1. The van der Waals surface area contributed by atoms with Crippen molar-refractivity contribution in [1.82, 2.24) is 9.97 Å². The average molecular weight is 312 g/mol. The number of fused-ring (bicyclic) bond motifs is 1. The molecule has 4 atom stereocenters. The summed E-state index contributed by atoms with van der Waals surface area (Å²) in [5, 5.41) is 0. The topological polar surface area (TPSA) is 86.5 Å². The van der Waals surface area contributed by atoms with Crippen LogP contribution in [0.25, 0.3) is 0 Å². The van der Waals surface area contributed by atoms with E-state index in [2.05, 4.69) is 23.8 Å². The van der Waals surface area contributed by atoms with E-state index in [0.717, 1.165) is 29.8 Å².